The zero-order valence-corrected chi connectivity index (χ0v) is 17.1. The zero-order valence-electron chi connectivity index (χ0n) is 17.1. The Morgan fingerprint density at radius 3 is 2.44 bits per heavy atom. The van der Waals surface area contributed by atoms with Gasteiger partial charge < -0.3 is 10.7 Å². The lowest BCUT2D eigenvalue weighted by Crippen LogP contribution is -2.19. The van der Waals surface area contributed by atoms with E-state index >= 15 is 0 Å². The standard InChI is InChI=1S/C25H20F3N3O/c1-15(24(29)32)19-4-2-3-5-20(19)17-9-12-21-22(14-17)31-23(30-21)13-8-16-6-10-18(11-7-16)25(26,27)28/h2-15H,1H3,(H2,29,32)(H,30,31). The highest BCUT2D eigenvalue weighted by Gasteiger charge is 2.29. The summed E-state index contributed by atoms with van der Waals surface area (Å²) in [5.41, 5.74) is 9.69. The van der Waals surface area contributed by atoms with E-state index in [1.54, 1.807) is 19.1 Å². The van der Waals surface area contributed by atoms with E-state index in [2.05, 4.69) is 9.97 Å². The van der Waals surface area contributed by atoms with E-state index in [0.717, 1.165) is 39.9 Å². The molecule has 0 aliphatic rings. The molecule has 0 spiro atoms. The van der Waals surface area contributed by atoms with Gasteiger partial charge in [0.15, 0.2) is 0 Å². The predicted molar refractivity (Wildman–Crippen MR) is 120 cm³/mol. The monoisotopic (exact) mass is 435 g/mol. The molecule has 1 aromatic heterocycles. The number of halogens is 3. The number of aromatic amines is 1. The molecule has 0 aliphatic carbocycles. The minimum atomic E-state index is -4.35. The zero-order chi connectivity index (χ0) is 22.9. The molecule has 0 fully saturated rings. The summed E-state index contributed by atoms with van der Waals surface area (Å²) in [7, 11) is 0. The number of amides is 1. The summed E-state index contributed by atoms with van der Waals surface area (Å²) in [4.78, 5) is 19.4. The molecule has 0 bridgehead atoms. The first kappa shape index (κ1) is 21.4. The van der Waals surface area contributed by atoms with E-state index in [9.17, 15) is 18.0 Å². The van der Waals surface area contributed by atoms with Crippen LogP contribution in [0.25, 0.3) is 34.3 Å². The van der Waals surface area contributed by atoms with Crippen molar-refractivity contribution in [3.05, 3.63) is 89.2 Å². The Morgan fingerprint density at radius 2 is 1.75 bits per heavy atom. The molecule has 4 aromatic rings. The van der Waals surface area contributed by atoms with Crippen LogP contribution < -0.4 is 5.73 Å². The Labute approximate surface area is 182 Å². The van der Waals surface area contributed by atoms with Gasteiger partial charge in [0, 0.05) is 0 Å². The predicted octanol–water partition coefficient (Wildman–Crippen LogP) is 6.01. The molecule has 0 saturated heterocycles. The molecule has 1 atom stereocenters. The van der Waals surface area contributed by atoms with Gasteiger partial charge in [-0.15, -0.1) is 0 Å². The van der Waals surface area contributed by atoms with Crippen molar-refractivity contribution in [2.45, 2.75) is 19.0 Å². The van der Waals surface area contributed by atoms with Crippen molar-refractivity contribution in [3.8, 4) is 11.1 Å². The second kappa shape index (κ2) is 8.34. The molecule has 7 heteroatoms. The molecular formula is C25H20F3N3O. The first-order valence-corrected chi connectivity index (χ1v) is 9.96. The average Bonchev–Trinajstić information content (AvgIpc) is 3.19. The van der Waals surface area contributed by atoms with Gasteiger partial charge in [0.25, 0.3) is 0 Å². The van der Waals surface area contributed by atoms with Crippen LogP contribution in [0, 0.1) is 0 Å². The van der Waals surface area contributed by atoms with E-state index in [0.29, 0.717) is 11.4 Å². The van der Waals surface area contributed by atoms with Gasteiger partial charge in [-0.1, -0.05) is 48.5 Å². The van der Waals surface area contributed by atoms with Crippen molar-refractivity contribution in [2.75, 3.05) is 0 Å². The number of alkyl halides is 3. The molecule has 3 N–H and O–H groups in total. The normalized spacial score (nSPS) is 13.0. The molecule has 1 amide bonds. The second-order valence-electron chi connectivity index (χ2n) is 7.52. The van der Waals surface area contributed by atoms with Crippen LogP contribution in [0.4, 0.5) is 13.2 Å². The van der Waals surface area contributed by atoms with Crippen LogP contribution in [0.1, 0.15) is 35.4 Å². The maximum absolute atomic E-state index is 12.7. The summed E-state index contributed by atoms with van der Waals surface area (Å²) < 4.78 is 38.1. The summed E-state index contributed by atoms with van der Waals surface area (Å²) >= 11 is 0. The Bertz CT molecular complexity index is 1300. The highest BCUT2D eigenvalue weighted by molar-refractivity contribution is 5.88. The molecule has 32 heavy (non-hydrogen) atoms. The molecule has 1 heterocycles. The van der Waals surface area contributed by atoms with Crippen LogP contribution >= 0.6 is 0 Å². The number of aromatic nitrogens is 2. The highest BCUT2D eigenvalue weighted by atomic mass is 19.4. The quantitative estimate of drug-likeness (QED) is 0.403. The average molecular weight is 435 g/mol. The fraction of sp³-hybridized carbons (Fsp3) is 0.120. The fourth-order valence-electron chi connectivity index (χ4n) is 3.52. The van der Waals surface area contributed by atoms with Crippen LogP contribution in [-0.4, -0.2) is 15.9 Å². The number of nitrogens with two attached hydrogens (primary N) is 1. The van der Waals surface area contributed by atoms with Crippen molar-refractivity contribution < 1.29 is 18.0 Å². The first-order valence-electron chi connectivity index (χ1n) is 9.96. The van der Waals surface area contributed by atoms with Crippen LogP contribution in [0.3, 0.4) is 0 Å². The van der Waals surface area contributed by atoms with Gasteiger partial charge in [0.05, 0.1) is 22.5 Å². The van der Waals surface area contributed by atoms with Crippen LogP contribution in [0.15, 0.2) is 66.7 Å². The molecule has 1 unspecified atom stereocenters. The summed E-state index contributed by atoms with van der Waals surface area (Å²) in [5.74, 6) is -0.238. The van der Waals surface area contributed by atoms with Crippen molar-refractivity contribution in [1.82, 2.24) is 9.97 Å². The van der Waals surface area contributed by atoms with Gasteiger partial charge in [0.1, 0.15) is 5.82 Å². The molecule has 162 valence electrons. The lowest BCUT2D eigenvalue weighted by Gasteiger charge is -2.14. The molecule has 3 aromatic carbocycles. The maximum Gasteiger partial charge on any atom is 0.416 e. The Hall–Kier alpha value is -3.87. The van der Waals surface area contributed by atoms with Gasteiger partial charge in [0.2, 0.25) is 5.91 Å². The second-order valence-corrected chi connectivity index (χ2v) is 7.52. The summed E-state index contributed by atoms with van der Waals surface area (Å²) in [6.07, 6.45) is -0.944. The number of H-pyrrole nitrogens is 1. The number of carbonyl (C=O) groups excluding carboxylic acids is 1. The van der Waals surface area contributed by atoms with Crippen LogP contribution in [0.5, 0.6) is 0 Å². The van der Waals surface area contributed by atoms with Crippen molar-refractivity contribution in [1.29, 1.82) is 0 Å². The summed E-state index contributed by atoms with van der Waals surface area (Å²) in [6, 6.07) is 18.3. The SMILES string of the molecule is CC(C(N)=O)c1ccccc1-c1ccc2nc(C=Cc3ccc(C(F)(F)F)cc3)[nH]c2c1. The van der Waals surface area contributed by atoms with Crippen LogP contribution in [0.2, 0.25) is 0 Å². The van der Waals surface area contributed by atoms with Gasteiger partial charge in [-0.05, 0) is 59.5 Å². The fourth-order valence-corrected chi connectivity index (χ4v) is 3.52. The number of hydrogen-bond acceptors (Lipinski definition) is 2. The van der Waals surface area contributed by atoms with Gasteiger partial charge >= 0.3 is 6.18 Å². The summed E-state index contributed by atoms with van der Waals surface area (Å²) in [6.45, 7) is 1.78. The van der Waals surface area contributed by atoms with E-state index in [1.807, 2.05) is 42.5 Å². The van der Waals surface area contributed by atoms with Gasteiger partial charge in [-0.3, -0.25) is 4.79 Å². The number of hydrogen-bond donors (Lipinski definition) is 2. The van der Waals surface area contributed by atoms with Crippen LogP contribution in [-0.2, 0) is 11.0 Å². The van der Waals surface area contributed by atoms with Crippen molar-refractivity contribution in [2.24, 2.45) is 5.73 Å². The third-order valence-corrected chi connectivity index (χ3v) is 5.34. The number of nitrogens with one attached hydrogen (secondary N) is 1. The molecular weight excluding hydrogens is 415 g/mol. The molecule has 0 aliphatic heterocycles. The molecule has 0 saturated carbocycles. The number of fused-ring (bicyclic) bond motifs is 1. The molecule has 4 nitrogen and oxygen atoms in total. The minimum absolute atomic E-state index is 0.393. The topological polar surface area (TPSA) is 71.8 Å². The Kier molecular flexibility index (Phi) is 5.57. The van der Waals surface area contributed by atoms with Crippen molar-refractivity contribution in [3.63, 3.8) is 0 Å². The number of carbonyl (C=O) groups is 1. The smallest absolute Gasteiger partial charge is 0.369 e. The third kappa shape index (κ3) is 4.42. The minimum Gasteiger partial charge on any atom is -0.369 e. The number of primary amides is 1. The Morgan fingerprint density at radius 1 is 1.03 bits per heavy atom. The van der Waals surface area contributed by atoms with E-state index in [4.69, 9.17) is 5.73 Å². The third-order valence-electron chi connectivity index (χ3n) is 5.34. The van der Waals surface area contributed by atoms with E-state index < -0.39 is 23.6 Å². The van der Waals surface area contributed by atoms with Gasteiger partial charge in [-0.25, -0.2) is 4.98 Å². The summed E-state index contributed by atoms with van der Waals surface area (Å²) in [5, 5.41) is 0. The lowest BCUT2D eigenvalue weighted by atomic mass is 9.91. The Balaban J connectivity index is 1.62. The van der Waals surface area contributed by atoms with Gasteiger partial charge in [-0.2, -0.15) is 13.2 Å². The number of benzene rings is 3. The van der Waals surface area contributed by atoms with E-state index in [1.165, 1.54) is 12.1 Å². The maximum atomic E-state index is 12.7. The van der Waals surface area contributed by atoms with E-state index in [-0.39, 0.29) is 0 Å². The molecule has 4 rings (SSSR count). The number of rotatable bonds is 5. The largest absolute Gasteiger partial charge is 0.416 e. The first-order chi connectivity index (χ1) is 15.2. The van der Waals surface area contributed by atoms with Crippen molar-refractivity contribution >= 4 is 29.1 Å². The highest BCUT2D eigenvalue weighted by Crippen LogP contribution is 2.31. The number of imidazole rings is 1. The lowest BCUT2D eigenvalue weighted by molar-refractivity contribution is -0.137. The molecule has 0 radical (unpaired) electrons. The number of nitrogens with zero attached hydrogens (tertiary/aromatic N) is 1.